The first kappa shape index (κ1) is 16.0. The minimum absolute atomic E-state index is 0.283. The molecule has 2 nitrogen and oxygen atoms in total. The molecule has 18 heavy (non-hydrogen) atoms. The highest BCUT2D eigenvalue weighted by Gasteiger charge is 2.20. The molecule has 108 valence electrons. The van der Waals surface area contributed by atoms with Crippen LogP contribution in [-0.2, 0) is 4.74 Å². The number of hydrogen-bond acceptors (Lipinski definition) is 2. The molecule has 2 N–H and O–H groups in total. The molecule has 0 radical (unpaired) electrons. The Hall–Kier alpha value is -0.0800. The van der Waals surface area contributed by atoms with Crippen LogP contribution in [0.15, 0.2) is 0 Å². The first-order chi connectivity index (χ1) is 8.84. The van der Waals surface area contributed by atoms with Gasteiger partial charge in [-0.25, -0.2) is 0 Å². The molecule has 2 unspecified atom stereocenters. The van der Waals surface area contributed by atoms with Gasteiger partial charge < -0.3 is 10.5 Å². The van der Waals surface area contributed by atoms with Crippen molar-refractivity contribution in [3.63, 3.8) is 0 Å². The average molecular weight is 255 g/mol. The van der Waals surface area contributed by atoms with Crippen molar-refractivity contribution in [1.82, 2.24) is 0 Å². The molecule has 1 fully saturated rings. The zero-order valence-electron chi connectivity index (χ0n) is 12.3. The van der Waals surface area contributed by atoms with Gasteiger partial charge in [-0.3, -0.25) is 0 Å². The van der Waals surface area contributed by atoms with Gasteiger partial charge >= 0.3 is 0 Å². The summed E-state index contributed by atoms with van der Waals surface area (Å²) in [5, 5.41) is 0. The van der Waals surface area contributed by atoms with Gasteiger partial charge in [-0.2, -0.15) is 0 Å². The van der Waals surface area contributed by atoms with E-state index in [1.807, 2.05) is 0 Å². The Morgan fingerprint density at radius 2 is 1.67 bits per heavy atom. The first-order valence-corrected chi connectivity index (χ1v) is 8.21. The normalized spacial score (nSPS) is 22.0. The van der Waals surface area contributed by atoms with Crippen LogP contribution in [0, 0.1) is 0 Å². The summed E-state index contributed by atoms with van der Waals surface area (Å²) in [6.07, 6.45) is 16.2. The van der Waals surface area contributed by atoms with E-state index < -0.39 is 0 Å². The average Bonchev–Trinajstić information content (AvgIpc) is 2.42. The topological polar surface area (TPSA) is 35.2 Å². The molecule has 0 aliphatic carbocycles. The highest BCUT2D eigenvalue weighted by Crippen LogP contribution is 2.18. The minimum atomic E-state index is 0.283. The number of ether oxygens (including phenoxy) is 1. The molecular formula is C16H33NO. The van der Waals surface area contributed by atoms with Crippen molar-refractivity contribution >= 4 is 0 Å². The van der Waals surface area contributed by atoms with Crippen molar-refractivity contribution in [3.05, 3.63) is 0 Å². The third kappa shape index (κ3) is 7.38. The number of nitrogens with two attached hydrogens (primary N) is 1. The van der Waals surface area contributed by atoms with E-state index in [1.54, 1.807) is 0 Å². The molecule has 2 atom stereocenters. The van der Waals surface area contributed by atoms with Gasteiger partial charge in [0.15, 0.2) is 0 Å². The highest BCUT2D eigenvalue weighted by molar-refractivity contribution is 4.76. The summed E-state index contributed by atoms with van der Waals surface area (Å²) in [6, 6.07) is 0.283. The van der Waals surface area contributed by atoms with Crippen molar-refractivity contribution in [2.24, 2.45) is 5.73 Å². The second-order valence-electron chi connectivity index (χ2n) is 5.83. The Labute approximate surface area is 114 Å². The summed E-state index contributed by atoms with van der Waals surface area (Å²) in [6.45, 7) is 3.20. The molecule has 1 heterocycles. The molecule has 1 aliphatic rings. The Bertz CT molecular complexity index is 178. The Balaban J connectivity index is 1.87. The van der Waals surface area contributed by atoms with Gasteiger partial charge in [0, 0.05) is 12.6 Å². The summed E-state index contributed by atoms with van der Waals surface area (Å²) in [5.41, 5.74) is 6.20. The van der Waals surface area contributed by atoms with Crippen LogP contribution in [0.5, 0.6) is 0 Å². The molecule has 1 saturated heterocycles. The Kier molecular flexibility index (Phi) is 9.59. The monoisotopic (exact) mass is 255 g/mol. The molecule has 2 heteroatoms. The van der Waals surface area contributed by atoms with Crippen LogP contribution in [0.4, 0.5) is 0 Å². The van der Waals surface area contributed by atoms with E-state index >= 15 is 0 Å². The third-order valence-corrected chi connectivity index (χ3v) is 4.08. The van der Waals surface area contributed by atoms with Gasteiger partial charge in [0.2, 0.25) is 0 Å². The molecule has 0 aromatic rings. The highest BCUT2D eigenvalue weighted by atomic mass is 16.5. The number of unbranched alkanes of at least 4 members (excludes halogenated alkanes) is 7. The molecule has 0 saturated carbocycles. The SMILES string of the molecule is CCCCCCCCCCC(N)C1CCCCO1. The van der Waals surface area contributed by atoms with Gasteiger partial charge in [0.05, 0.1) is 6.10 Å². The number of rotatable bonds is 10. The van der Waals surface area contributed by atoms with E-state index in [0.29, 0.717) is 6.10 Å². The maximum absolute atomic E-state index is 6.20. The van der Waals surface area contributed by atoms with Crippen LogP contribution in [0.3, 0.4) is 0 Å². The molecule has 0 aromatic heterocycles. The van der Waals surface area contributed by atoms with Gasteiger partial charge in [0.1, 0.15) is 0 Å². The second kappa shape index (κ2) is 10.8. The lowest BCUT2D eigenvalue weighted by molar-refractivity contribution is -0.00145. The standard InChI is InChI=1S/C16H33NO/c1-2-3-4-5-6-7-8-9-12-15(17)16-13-10-11-14-18-16/h15-16H,2-14,17H2,1H3. The van der Waals surface area contributed by atoms with Crippen molar-refractivity contribution in [1.29, 1.82) is 0 Å². The van der Waals surface area contributed by atoms with E-state index in [-0.39, 0.29) is 6.04 Å². The maximum atomic E-state index is 6.20. The lowest BCUT2D eigenvalue weighted by atomic mass is 9.97. The quantitative estimate of drug-likeness (QED) is 0.587. The van der Waals surface area contributed by atoms with Crippen LogP contribution in [-0.4, -0.2) is 18.8 Å². The van der Waals surface area contributed by atoms with E-state index in [2.05, 4.69) is 6.92 Å². The van der Waals surface area contributed by atoms with E-state index in [9.17, 15) is 0 Å². The van der Waals surface area contributed by atoms with Gasteiger partial charge in [-0.05, 0) is 25.7 Å². The lowest BCUT2D eigenvalue weighted by Gasteiger charge is -2.27. The van der Waals surface area contributed by atoms with Crippen molar-refractivity contribution in [2.45, 2.75) is 96.1 Å². The molecule has 0 aromatic carbocycles. The van der Waals surface area contributed by atoms with Gasteiger partial charge in [-0.1, -0.05) is 58.3 Å². The van der Waals surface area contributed by atoms with Gasteiger partial charge in [-0.15, -0.1) is 0 Å². The summed E-state index contributed by atoms with van der Waals surface area (Å²) in [5.74, 6) is 0. The third-order valence-electron chi connectivity index (χ3n) is 4.08. The zero-order valence-corrected chi connectivity index (χ0v) is 12.3. The predicted octanol–water partition coefficient (Wildman–Crippen LogP) is 4.41. The second-order valence-corrected chi connectivity index (χ2v) is 5.83. The molecule has 0 spiro atoms. The van der Waals surface area contributed by atoms with Crippen molar-refractivity contribution in [2.75, 3.05) is 6.61 Å². The summed E-state index contributed by atoms with van der Waals surface area (Å²) < 4.78 is 5.74. The summed E-state index contributed by atoms with van der Waals surface area (Å²) in [4.78, 5) is 0. The minimum Gasteiger partial charge on any atom is -0.377 e. The van der Waals surface area contributed by atoms with Crippen LogP contribution < -0.4 is 5.73 Å². The smallest absolute Gasteiger partial charge is 0.0725 e. The van der Waals surface area contributed by atoms with Crippen LogP contribution in [0.25, 0.3) is 0 Å². The Morgan fingerprint density at radius 1 is 1.00 bits per heavy atom. The fourth-order valence-corrected chi connectivity index (χ4v) is 2.80. The largest absolute Gasteiger partial charge is 0.377 e. The molecule has 0 bridgehead atoms. The van der Waals surface area contributed by atoms with Gasteiger partial charge in [0.25, 0.3) is 0 Å². The zero-order chi connectivity index (χ0) is 13.1. The molecule has 0 amide bonds. The van der Waals surface area contributed by atoms with Crippen molar-refractivity contribution in [3.8, 4) is 0 Å². The van der Waals surface area contributed by atoms with Crippen LogP contribution in [0.2, 0.25) is 0 Å². The van der Waals surface area contributed by atoms with E-state index in [1.165, 1.54) is 70.6 Å². The van der Waals surface area contributed by atoms with Crippen LogP contribution >= 0.6 is 0 Å². The first-order valence-electron chi connectivity index (χ1n) is 8.21. The lowest BCUT2D eigenvalue weighted by Crippen LogP contribution is -2.38. The predicted molar refractivity (Wildman–Crippen MR) is 78.8 cm³/mol. The number of hydrogen-bond donors (Lipinski definition) is 1. The van der Waals surface area contributed by atoms with E-state index in [0.717, 1.165) is 13.0 Å². The van der Waals surface area contributed by atoms with Crippen LogP contribution in [0.1, 0.15) is 84.0 Å². The summed E-state index contributed by atoms with van der Waals surface area (Å²) in [7, 11) is 0. The molecular weight excluding hydrogens is 222 g/mol. The summed E-state index contributed by atoms with van der Waals surface area (Å²) >= 11 is 0. The fraction of sp³-hybridized carbons (Fsp3) is 1.00. The Morgan fingerprint density at radius 3 is 2.28 bits per heavy atom. The fourth-order valence-electron chi connectivity index (χ4n) is 2.80. The molecule has 1 rings (SSSR count). The molecule has 1 aliphatic heterocycles. The maximum Gasteiger partial charge on any atom is 0.0725 e. The van der Waals surface area contributed by atoms with E-state index in [4.69, 9.17) is 10.5 Å². The van der Waals surface area contributed by atoms with Crippen molar-refractivity contribution < 1.29 is 4.74 Å².